The third-order valence-electron chi connectivity index (χ3n) is 4.20. The van der Waals surface area contributed by atoms with Crippen LogP contribution in [0.5, 0.6) is 0 Å². The molecule has 5 nitrogen and oxygen atoms in total. The number of H-pyrrole nitrogens is 1. The standard InChI is InChI=1S/C18H22N4O/c1-3-22-13(2)17(12-20-22)21-18(23)10-6-7-14-11-19-16-9-5-4-8-15(14)16/h4-5,8-9,11-12,19H,3,6-7,10H2,1-2H3,(H,21,23). The van der Waals surface area contributed by atoms with Crippen LogP contribution in [0.3, 0.4) is 0 Å². The molecule has 3 rings (SSSR count). The SMILES string of the molecule is CCn1ncc(NC(=O)CCCc2c[nH]c3ccccc23)c1C. The number of rotatable bonds is 6. The predicted octanol–water partition coefficient (Wildman–Crippen LogP) is 3.65. The first-order valence-corrected chi connectivity index (χ1v) is 8.06. The second-order valence-electron chi connectivity index (χ2n) is 5.72. The maximum absolute atomic E-state index is 12.1. The molecule has 0 spiro atoms. The van der Waals surface area contributed by atoms with E-state index >= 15 is 0 Å². The van der Waals surface area contributed by atoms with Crippen molar-refractivity contribution in [3.05, 3.63) is 47.9 Å². The van der Waals surface area contributed by atoms with Crippen LogP contribution in [-0.4, -0.2) is 20.7 Å². The molecule has 23 heavy (non-hydrogen) atoms. The van der Waals surface area contributed by atoms with Crippen LogP contribution in [0.2, 0.25) is 0 Å². The summed E-state index contributed by atoms with van der Waals surface area (Å²) in [6, 6.07) is 8.25. The molecule has 0 aliphatic carbocycles. The van der Waals surface area contributed by atoms with Crippen LogP contribution in [0.25, 0.3) is 10.9 Å². The summed E-state index contributed by atoms with van der Waals surface area (Å²) in [6.45, 7) is 4.81. The number of nitrogens with zero attached hydrogens (tertiary/aromatic N) is 2. The Kier molecular flexibility index (Phi) is 4.46. The highest BCUT2D eigenvalue weighted by atomic mass is 16.1. The summed E-state index contributed by atoms with van der Waals surface area (Å²) in [6.07, 6.45) is 5.99. The molecule has 0 unspecified atom stereocenters. The molecule has 120 valence electrons. The fourth-order valence-corrected chi connectivity index (χ4v) is 2.88. The molecule has 2 N–H and O–H groups in total. The maximum atomic E-state index is 12.1. The van der Waals surface area contributed by atoms with Gasteiger partial charge < -0.3 is 10.3 Å². The van der Waals surface area contributed by atoms with Crippen LogP contribution >= 0.6 is 0 Å². The molecule has 0 bridgehead atoms. The Morgan fingerprint density at radius 2 is 2.17 bits per heavy atom. The average Bonchev–Trinajstić information content (AvgIpc) is 3.12. The molecular formula is C18H22N4O. The fourth-order valence-electron chi connectivity index (χ4n) is 2.88. The monoisotopic (exact) mass is 310 g/mol. The normalized spacial score (nSPS) is 11.0. The van der Waals surface area contributed by atoms with Crippen molar-refractivity contribution in [2.24, 2.45) is 0 Å². The molecule has 0 aliphatic heterocycles. The third kappa shape index (κ3) is 3.28. The van der Waals surface area contributed by atoms with Gasteiger partial charge in [-0.05, 0) is 38.3 Å². The number of benzene rings is 1. The number of hydrogen-bond acceptors (Lipinski definition) is 2. The molecule has 0 fully saturated rings. The van der Waals surface area contributed by atoms with Crippen molar-refractivity contribution in [3.8, 4) is 0 Å². The molecule has 1 amide bonds. The first-order chi connectivity index (χ1) is 11.2. The summed E-state index contributed by atoms with van der Waals surface area (Å²) in [4.78, 5) is 15.4. The van der Waals surface area contributed by atoms with Crippen molar-refractivity contribution < 1.29 is 4.79 Å². The summed E-state index contributed by atoms with van der Waals surface area (Å²) in [5.41, 5.74) is 4.22. The Hall–Kier alpha value is -2.56. The van der Waals surface area contributed by atoms with Gasteiger partial charge >= 0.3 is 0 Å². The van der Waals surface area contributed by atoms with E-state index in [1.165, 1.54) is 10.9 Å². The summed E-state index contributed by atoms with van der Waals surface area (Å²) >= 11 is 0. The molecule has 1 aromatic carbocycles. The lowest BCUT2D eigenvalue weighted by atomic mass is 10.1. The molecule has 0 saturated heterocycles. The molecule has 0 atom stereocenters. The molecular weight excluding hydrogens is 288 g/mol. The van der Waals surface area contributed by atoms with E-state index in [0.717, 1.165) is 36.3 Å². The second-order valence-corrected chi connectivity index (χ2v) is 5.72. The number of carbonyl (C=O) groups is 1. The summed E-state index contributed by atoms with van der Waals surface area (Å²) in [7, 11) is 0. The summed E-state index contributed by atoms with van der Waals surface area (Å²) in [5.74, 6) is 0.0450. The summed E-state index contributed by atoms with van der Waals surface area (Å²) in [5, 5.41) is 8.44. The van der Waals surface area contributed by atoms with E-state index in [2.05, 4.69) is 27.5 Å². The van der Waals surface area contributed by atoms with Gasteiger partial charge in [0.2, 0.25) is 5.91 Å². The van der Waals surface area contributed by atoms with Crippen molar-refractivity contribution in [2.75, 3.05) is 5.32 Å². The number of aromatic amines is 1. The van der Waals surface area contributed by atoms with E-state index in [1.807, 2.05) is 36.9 Å². The fraction of sp³-hybridized carbons (Fsp3) is 0.333. The van der Waals surface area contributed by atoms with Gasteiger partial charge in [-0.2, -0.15) is 5.10 Å². The van der Waals surface area contributed by atoms with Gasteiger partial charge in [0.25, 0.3) is 0 Å². The molecule has 5 heteroatoms. The summed E-state index contributed by atoms with van der Waals surface area (Å²) < 4.78 is 1.88. The van der Waals surface area contributed by atoms with Gasteiger partial charge in [-0.25, -0.2) is 0 Å². The minimum absolute atomic E-state index is 0.0450. The molecule has 0 radical (unpaired) electrons. The van der Waals surface area contributed by atoms with Crippen molar-refractivity contribution >= 4 is 22.5 Å². The third-order valence-corrected chi connectivity index (χ3v) is 4.20. The Morgan fingerprint density at radius 1 is 1.35 bits per heavy atom. The topological polar surface area (TPSA) is 62.7 Å². The van der Waals surface area contributed by atoms with Gasteiger partial charge in [-0.15, -0.1) is 0 Å². The smallest absolute Gasteiger partial charge is 0.224 e. The Balaban J connectivity index is 1.54. The van der Waals surface area contributed by atoms with E-state index in [-0.39, 0.29) is 5.91 Å². The lowest BCUT2D eigenvalue weighted by Crippen LogP contribution is -2.12. The number of aromatic nitrogens is 3. The zero-order valence-corrected chi connectivity index (χ0v) is 13.6. The van der Waals surface area contributed by atoms with Crippen LogP contribution in [0.15, 0.2) is 36.7 Å². The maximum Gasteiger partial charge on any atom is 0.224 e. The van der Waals surface area contributed by atoms with Gasteiger partial charge in [-0.1, -0.05) is 18.2 Å². The van der Waals surface area contributed by atoms with E-state index in [1.54, 1.807) is 6.20 Å². The van der Waals surface area contributed by atoms with Crippen LogP contribution in [0.1, 0.15) is 31.0 Å². The van der Waals surface area contributed by atoms with Gasteiger partial charge in [-0.3, -0.25) is 9.48 Å². The Morgan fingerprint density at radius 3 is 2.96 bits per heavy atom. The van der Waals surface area contributed by atoms with Crippen molar-refractivity contribution in [3.63, 3.8) is 0 Å². The highest BCUT2D eigenvalue weighted by Gasteiger charge is 2.09. The lowest BCUT2D eigenvalue weighted by Gasteiger charge is -2.05. The van der Waals surface area contributed by atoms with Crippen molar-refractivity contribution in [2.45, 2.75) is 39.7 Å². The van der Waals surface area contributed by atoms with Crippen LogP contribution in [0, 0.1) is 6.92 Å². The quantitative estimate of drug-likeness (QED) is 0.730. The van der Waals surface area contributed by atoms with Gasteiger partial charge in [0.1, 0.15) is 0 Å². The zero-order valence-electron chi connectivity index (χ0n) is 13.6. The van der Waals surface area contributed by atoms with E-state index < -0.39 is 0 Å². The van der Waals surface area contributed by atoms with Gasteiger partial charge in [0.05, 0.1) is 17.6 Å². The number of nitrogens with one attached hydrogen (secondary N) is 2. The highest BCUT2D eigenvalue weighted by molar-refractivity contribution is 5.91. The largest absolute Gasteiger partial charge is 0.361 e. The number of amides is 1. The first-order valence-electron chi connectivity index (χ1n) is 8.06. The molecule has 0 saturated carbocycles. The lowest BCUT2D eigenvalue weighted by molar-refractivity contribution is -0.116. The number of fused-ring (bicyclic) bond motifs is 1. The van der Waals surface area contributed by atoms with Crippen molar-refractivity contribution in [1.29, 1.82) is 0 Å². The molecule has 3 aromatic rings. The van der Waals surface area contributed by atoms with Gasteiger partial charge in [0, 0.05) is 30.1 Å². The van der Waals surface area contributed by atoms with Crippen molar-refractivity contribution in [1.82, 2.24) is 14.8 Å². The Labute approximate surface area is 135 Å². The van der Waals surface area contributed by atoms with E-state index in [9.17, 15) is 4.79 Å². The number of anilines is 1. The number of hydrogen-bond donors (Lipinski definition) is 2. The Bertz CT molecular complexity index is 815. The number of carbonyl (C=O) groups excluding carboxylic acids is 1. The zero-order chi connectivity index (χ0) is 16.2. The van der Waals surface area contributed by atoms with Gasteiger partial charge in [0.15, 0.2) is 0 Å². The second kappa shape index (κ2) is 6.69. The van der Waals surface area contributed by atoms with Crippen LogP contribution < -0.4 is 5.32 Å². The van der Waals surface area contributed by atoms with Crippen LogP contribution in [-0.2, 0) is 17.8 Å². The predicted molar refractivity (Wildman–Crippen MR) is 92.5 cm³/mol. The molecule has 0 aliphatic rings. The van der Waals surface area contributed by atoms with E-state index in [0.29, 0.717) is 6.42 Å². The highest BCUT2D eigenvalue weighted by Crippen LogP contribution is 2.20. The number of para-hydroxylation sites is 1. The molecule has 2 heterocycles. The first kappa shape index (κ1) is 15.3. The van der Waals surface area contributed by atoms with Crippen LogP contribution in [0.4, 0.5) is 5.69 Å². The average molecular weight is 310 g/mol. The van der Waals surface area contributed by atoms with E-state index in [4.69, 9.17) is 0 Å². The molecule has 2 aromatic heterocycles. The minimum Gasteiger partial charge on any atom is -0.361 e. The number of aryl methyl sites for hydroxylation is 2. The minimum atomic E-state index is 0.0450.